The first-order chi connectivity index (χ1) is 9.69. The maximum Gasteiger partial charge on any atom is 0.0331 e. The Labute approximate surface area is 141 Å². The van der Waals surface area contributed by atoms with E-state index >= 15 is 0 Å². The zero-order valence-corrected chi connectivity index (χ0v) is 15.9. The summed E-state index contributed by atoms with van der Waals surface area (Å²) >= 11 is 7.26. The Morgan fingerprint density at radius 1 is 1.00 bits per heavy atom. The second kappa shape index (κ2) is 10.8. The highest BCUT2D eigenvalue weighted by Gasteiger charge is 2.13. The Balaban J connectivity index is 2.49. The van der Waals surface area contributed by atoms with Gasteiger partial charge >= 0.3 is 0 Å². The molecular formula is C17H27Br2N. The van der Waals surface area contributed by atoms with Gasteiger partial charge in [0.1, 0.15) is 0 Å². The van der Waals surface area contributed by atoms with Crippen molar-refractivity contribution in [3.63, 3.8) is 0 Å². The lowest BCUT2D eigenvalue weighted by molar-refractivity contribution is 0.475. The second-order valence-electron chi connectivity index (χ2n) is 5.33. The molecule has 0 aliphatic carbocycles. The van der Waals surface area contributed by atoms with Crippen LogP contribution in [0.2, 0.25) is 0 Å². The maximum atomic E-state index is 3.68. The van der Waals surface area contributed by atoms with Crippen LogP contribution in [0.3, 0.4) is 0 Å². The van der Waals surface area contributed by atoms with E-state index in [1.165, 1.54) is 55.0 Å². The summed E-state index contributed by atoms with van der Waals surface area (Å²) in [5, 5.41) is 3.62. The smallest absolute Gasteiger partial charge is 0.0331 e. The van der Waals surface area contributed by atoms with Crippen LogP contribution in [-0.4, -0.2) is 6.54 Å². The zero-order chi connectivity index (χ0) is 14.8. The molecule has 3 heteroatoms. The number of hydrogen-bond acceptors (Lipinski definition) is 1. The SMILES string of the molecule is CCCCCCCCC(NCC)c1cc(Br)ccc1Br. The van der Waals surface area contributed by atoms with Crippen LogP contribution in [0.25, 0.3) is 0 Å². The van der Waals surface area contributed by atoms with Gasteiger partial charge in [0.05, 0.1) is 0 Å². The molecule has 0 heterocycles. The normalized spacial score (nSPS) is 12.6. The van der Waals surface area contributed by atoms with E-state index in [0.29, 0.717) is 6.04 Å². The summed E-state index contributed by atoms with van der Waals surface area (Å²) < 4.78 is 2.36. The molecule has 0 fully saturated rings. The number of halogens is 2. The fourth-order valence-electron chi connectivity index (χ4n) is 2.52. The van der Waals surface area contributed by atoms with Crippen LogP contribution in [0.1, 0.15) is 70.4 Å². The van der Waals surface area contributed by atoms with Crippen molar-refractivity contribution >= 4 is 31.9 Å². The summed E-state index contributed by atoms with van der Waals surface area (Å²) in [4.78, 5) is 0. The first-order valence-corrected chi connectivity index (χ1v) is 9.46. The highest BCUT2D eigenvalue weighted by molar-refractivity contribution is 9.11. The molecule has 0 radical (unpaired) electrons. The summed E-state index contributed by atoms with van der Waals surface area (Å²) in [5.41, 5.74) is 1.37. The van der Waals surface area contributed by atoms with Crippen molar-refractivity contribution in [2.75, 3.05) is 6.54 Å². The minimum Gasteiger partial charge on any atom is -0.310 e. The van der Waals surface area contributed by atoms with Crippen molar-refractivity contribution < 1.29 is 0 Å². The van der Waals surface area contributed by atoms with Gasteiger partial charge in [0.15, 0.2) is 0 Å². The molecule has 0 aliphatic heterocycles. The lowest BCUT2D eigenvalue weighted by atomic mass is 9.99. The summed E-state index contributed by atoms with van der Waals surface area (Å²) in [5.74, 6) is 0. The van der Waals surface area contributed by atoms with E-state index in [4.69, 9.17) is 0 Å². The summed E-state index contributed by atoms with van der Waals surface area (Å²) in [6, 6.07) is 6.90. The molecule has 0 saturated carbocycles. The first-order valence-electron chi connectivity index (χ1n) is 7.87. The number of benzene rings is 1. The van der Waals surface area contributed by atoms with Gasteiger partial charge in [0.2, 0.25) is 0 Å². The molecule has 1 aromatic rings. The van der Waals surface area contributed by atoms with E-state index in [0.717, 1.165) is 11.0 Å². The van der Waals surface area contributed by atoms with Gasteiger partial charge in [-0.1, -0.05) is 84.2 Å². The van der Waals surface area contributed by atoms with Gasteiger partial charge in [-0.05, 0) is 36.7 Å². The second-order valence-corrected chi connectivity index (χ2v) is 7.10. The topological polar surface area (TPSA) is 12.0 Å². The number of unbranched alkanes of at least 4 members (excludes halogenated alkanes) is 5. The zero-order valence-electron chi connectivity index (χ0n) is 12.7. The molecule has 1 nitrogen and oxygen atoms in total. The van der Waals surface area contributed by atoms with Gasteiger partial charge in [-0.25, -0.2) is 0 Å². The highest BCUT2D eigenvalue weighted by Crippen LogP contribution is 2.30. The van der Waals surface area contributed by atoms with Crippen LogP contribution in [0.4, 0.5) is 0 Å². The fourth-order valence-corrected chi connectivity index (χ4v) is 3.43. The molecule has 114 valence electrons. The van der Waals surface area contributed by atoms with Crippen molar-refractivity contribution in [2.45, 2.75) is 64.8 Å². The van der Waals surface area contributed by atoms with Crippen LogP contribution < -0.4 is 5.32 Å². The van der Waals surface area contributed by atoms with Gasteiger partial charge in [0.25, 0.3) is 0 Å². The Bertz CT molecular complexity index is 379. The Morgan fingerprint density at radius 2 is 1.70 bits per heavy atom. The standard InChI is InChI=1S/C17H27Br2N/c1-3-5-6-7-8-9-10-17(20-4-2)15-13-14(18)11-12-16(15)19/h11-13,17,20H,3-10H2,1-2H3. The van der Waals surface area contributed by atoms with E-state index < -0.39 is 0 Å². The van der Waals surface area contributed by atoms with Crippen molar-refractivity contribution in [3.05, 3.63) is 32.7 Å². The molecule has 0 spiro atoms. The van der Waals surface area contributed by atoms with Crippen molar-refractivity contribution in [3.8, 4) is 0 Å². The quantitative estimate of drug-likeness (QED) is 0.432. The molecule has 1 rings (SSSR count). The maximum absolute atomic E-state index is 3.68. The van der Waals surface area contributed by atoms with Crippen LogP contribution in [0, 0.1) is 0 Å². The minimum atomic E-state index is 0.457. The average molecular weight is 405 g/mol. The van der Waals surface area contributed by atoms with Crippen molar-refractivity contribution in [1.82, 2.24) is 5.32 Å². The molecule has 1 unspecified atom stereocenters. The van der Waals surface area contributed by atoms with Crippen LogP contribution >= 0.6 is 31.9 Å². The molecule has 1 atom stereocenters. The number of rotatable bonds is 10. The lowest BCUT2D eigenvalue weighted by Gasteiger charge is -2.20. The molecule has 1 N–H and O–H groups in total. The van der Waals surface area contributed by atoms with E-state index in [1.807, 2.05) is 0 Å². The van der Waals surface area contributed by atoms with Crippen molar-refractivity contribution in [2.24, 2.45) is 0 Å². The highest BCUT2D eigenvalue weighted by atomic mass is 79.9. The Kier molecular flexibility index (Phi) is 9.83. The van der Waals surface area contributed by atoms with Gasteiger partial charge in [-0.15, -0.1) is 0 Å². The third-order valence-corrected chi connectivity index (χ3v) is 4.85. The van der Waals surface area contributed by atoms with Gasteiger partial charge in [0, 0.05) is 15.0 Å². The molecule has 0 aliphatic rings. The average Bonchev–Trinajstić information content (AvgIpc) is 2.44. The van der Waals surface area contributed by atoms with Gasteiger partial charge < -0.3 is 5.32 Å². The predicted molar refractivity (Wildman–Crippen MR) is 96.3 cm³/mol. The van der Waals surface area contributed by atoms with Gasteiger partial charge in [-0.3, -0.25) is 0 Å². The van der Waals surface area contributed by atoms with Crippen molar-refractivity contribution in [1.29, 1.82) is 0 Å². The first kappa shape index (κ1) is 18.2. The summed E-state index contributed by atoms with van der Waals surface area (Å²) in [7, 11) is 0. The third-order valence-electron chi connectivity index (χ3n) is 3.63. The predicted octanol–water partition coefficient (Wildman–Crippen LogP) is 6.61. The minimum absolute atomic E-state index is 0.457. The molecule has 0 amide bonds. The monoisotopic (exact) mass is 403 g/mol. The van der Waals surface area contributed by atoms with E-state index in [1.54, 1.807) is 0 Å². The molecule has 0 aromatic heterocycles. The fraction of sp³-hybridized carbons (Fsp3) is 0.647. The largest absolute Gasteiger partial charge is 0.310 e. The number of hydrogen-bond donors (Lipinski definition) is 1. The van der Waals surface area contributed by atoms with E-state index in [2.05, 4.69) is 69.2 Å². The van der Waals surface area contributed by atoms with E-state index in [9.17, 15) is 0 Å². The molecule has 0 saturated heterocycles. The van der Waals surface area contributed by atoms with E-state index in [-0.39, 0.29) is 0 Å². The Hall–Kier alpha value is 0.140. The Morgan fingerprint density at radius 3 is 2.40 bits per heavy atom. The van der Waals surface area contributed by atoms with Gasteiger partial charge in [-0.2, -0.15) is 0 Å². The third kappa shape index (κ3) is 6.73. The van der Waals surface area contributed by atoms with Crippen LogP contribution in [0.15, 0.2) is 27.1 Å². The molecule has 0 bridgehead atoms. The van der Waals surface area contributed by atoms with Crippen LogP contribution in [-0.2, 0) is 0 Å². The molecule has 1 aromatic carbocycles. The lowest BCUT2D eigenvalue weighted by Crippen LogP contribution is -2.21. The summed E-state index contributed by atoms with van der Waals surface area (Å²) in [6.45, 7) is 5.46. The van der Waals surface area contributed by atoms with Crippen LogP contribution in [0.5, 0.6) is 0 Å². The molecular weight excluding hydrogens is 378 g/mol. The molecule has 20 heavy (non-hydrogen) atoms. The number of nitrogens with one attached hydrogen (secondary N) is 1. The summed E-state index contributed by atoms with van der Waals surface area (Å²) in [6.07, 6.45) is 9.36.